The summed E-state index contributed by atoms with van der Waals surface area (Å²) in [6.45, 7) is 3.83. The zero-order chi connectivity index (χ0) is 21.8. The van der Waals surface area contributed by atoms with Gasteiger partial charge in [0.25, 0.3) is 5.56 Å². The Hall–Kier alpha value is -1.47. The van der Waals surface area contributed by atoms with Crippen LogP contribution in [0.25, 0.3) is 11.1 Å². The van der Waals surface area contributed by atoms with Crippen molar-refractivity contribution < 1.29 is 0 Å². The number of benzene rings is 1. The lowest BCUT2D eigenvalue weighted by Crippen LogP contribution is -2.49. The molecule has 0 radical (unpaired) electrons. The maximum absolute atomic E-state index is 13.2. The molecule has 4 N–H and O–H groups in total. The topological polar surface area (TPSA) is 90.2 Å². The van der Waals surface area contributed by atoms with Gasteiger partial charge in [-0.3, -0.25) is 9.36 Å². The molecule has 1 saturated heterocycles. The second kappa shape index (κ2) is 7.90. The van der Waals surface area contributed by atoms with Crippen LogP contribution in [0.15, 0.2) is 16.9 Å². The van der Waals surface area contributed by atoms with Gasteiger partial charge in [0.1, 0.15) is 5.82 Å². The fourth-order valence-corrected chi connectivity index (χ4v) is 5.78. The van der Waals surface area contributed by atoms with E-state index >= 15 is 0 Å². The fraction of sp³-hybridized carbons (Fsp3) is 0.524. The Morgan fingerprint density at radius 3 is 2.43 bits per heavy atom. The maximum atomic E-state index is 13.2. The molecule has 1 aromatic carbocycles. The molecule has 1 saturated carbocycles. The highest BCUT2D eigenvalue weighted by Gasteiger charge is 2.46. The number of anilines is 2. The molecule has 6 nitrogen and oxygen atoms in total. The Morgan fingerprint density at radius 1 is 1.17 bits per heavy atom. The van der Waals surface area contributed by atoms with Crippen LogP contribution in [0.1, 0.15) is 32.6 Å². The third-order valence-electron chi connectivity index (χ3n) is 7.02. The molecule has 1 aromatic heterocycles. The van der Waals surface area contributed by atoms with Crippen LogP contribution in [0.3, 0.4) is 0 Å². The predicted molar refractivity (Wildman–Crippen MR) is 125 cm³/mol. The highest BCUT2D eigenvalue weighted by molar-refractivity contribution is 6.45. The summed E-state index contributed by atoms with van der Waals surface area (Å²) in [5.74, 6) is 1.23. The summed E-state index contributed by atoms with van der Waals surface area (Å²) in [7, 11) is 1.70. The van der Waals surface area contributed by atoms with Crippen molar-refractivity contribution in [2.45, 2.75) is 38.6 Å². The monoisotopic (exact) mass is 469 g/mol. The molecule has 2 fully saturated rings. The van der Waals surface area contributed by atoms with Crippen LogP contribution in [0, 0.1) is 11.3 Å². The molecular formula is C21H26Cl3N5O. The molecule has 2 heterocycles. The van der Waals surface area contributed by atoms with Crippen molar-refractivity contribution >= 4 is 46.6 Å². The van der Waals surface area contributed by atoms with Gasteiger partial charge in [0, 0.05) is 36.8 Å². The Morgan fingerprint density at radius 2 is 1.83 bits per heavy atom. The summed E-state index contributed by atoms with van der Waals surface area (Å²) in [6, 6.07) is 3.34. The lowest BCUT2D eigenvalue weighted by Gasteiger charge is -2.43. The molecule has 1 aliphatic heterocycles. The van der Waals surface area contributed by atoms with Gasteiger partial charge in [-0.1, -0.05) is 41.7 Å². The van der Waals surface area contributed by atoms with E-state index in [0.717, 1.165) is 25.9 Å². The normalized spacial score (nSPS) is 23.3. The summed E-state index contributed by atoms with van der Waals surface area (Å²) < 4.78 is 1.52. The first-order valence-corrected chi connectivity index (χ1v) is 11.3. The lowest BCUT2D eigenvalue weighted by atomic mass is 9.73. The first kappa shape index (κ1) is 21.8. The van der Waals surface area contributed by atoms with Gasteiger partial charge in [-0.2, -0.15) is 4.98 Å². The van der Waals surface area contributed by atoms with Crippen molar-refractivity contribution in [1.82, 2.24) is 9.55 Å². The standard InChI is InChI=1S/C21H26Cl3N5O/c1-11-3-4-21(17(11)25)5-7-29(8-6-21)20-27-18(26)15(19(30)28(20)2)13-9-12(22)10-14(23)16(13)24/h9-11,17H,3-8,25-26H2,1-2H3/t11-,17-/m1/s1. The molecule has 2 aromatic rings. The minimum absolute atomic E-state index is 0.111. The van der Waals surface area contributed by atoms with E-state index in [4.69, 9.17) is 46.3 Å². The van der Waals surface area contributed by atoms with Crippen molar-refractivity contribution in [2.24, 2.45) is 24.1 Å². The minimum atomic E-state index is -0.288. The number of hydrogen-bond donors (Lipinski definition) is 2. The van der Waals surface area contributed by atoms with Crippen LogP contribution in [-0.4, -0.2) is 28.7 Å². The van der Waals surface area contributed by atoms with Crippen LogP contribution in [-0.2, 0) is 7.05 Å². The number of halogens is 3. The fourth-order valence-electron chi connectivity index (χ4n) is 5.08. The van der Waals surface area contributed by atoms with Gasteiger partial charge in [-0.05, 0) is 49.1 Å². The molecule has 30 heavy (non-hydrogen) atoms. The van der Waals surface area contributed by atoms with E-state index in [0.29, 0.717) is 22.5 Å². The van der Waals surface area contributed by atoms with Gasteiger partial charge in [-0.15, -0.1) is 0 Å². The third kappa shape index (κ3) is 3.48. The van der Waals surface area contributed by atoms with Gasteiger partial charge in [0.2, 0.25) is 5.95 Å². The van der Waals surface area contributed by atoms with E-state index in [2.05, 4.69) is 16.8 Å². The SMILES string of the molecule is C[C@@H]1CCC2(CCN(c3nc(N)c(-c4cc(Cl)cc(Cl)c4Cl)c(=O)n3C)CC2)[C@@H]1N. The van der Waals surface area contributed by atoms with E-state index in [1.165, 1.54) is 23.5 Å². The summed E-state index contributed by atoms with van der Waals surface area (Å²) in [5, 5.41) is 0.852. The molecule has 2 atom stereocenters. The zero-order valence-electron chi connectivity index (χ0n) is 17.1. The van der Waals surface area contributed by atoms with E-state index in [9.17, 15) is 4.79 Å². The number of rotatable bonds is 2. The Bertz CT molecular complexity index is 1050. The molecule has 0 bridgehead atoms. The van der Waals surface area contributed by atoms with Crippen LogP contribution in [0.4, 0.5) is 11.8 Å². The molecule has 0 amide bonds. The van der Waals surface area contributed by atoms with Gasteiger partial charge in [0.05, 0.1) is 15.6 Å². The van der Waals surface area contributed by atoms with E-state index in [-0.39, 0.29) is 38.4 Å². The highest BCUT2D eigenvalue weighted by Crippen LogP contribution is 2.48. The van der Waals surface area contributed by atoms with Gasteiger partial charge in [-0.25, -0.2) is 0 Å². The first-order chi connectivity index (χ1) is 14.1. The highest BCUT2D eigenvalue weighted by atomic mass is 35.5. The minimum Gasteiger partial charge on any atom is -0.383 e. The number of nitrogen functional groups attached to an aromatic ring is 1. The van der Waals surface area contributed by atoms with Crippen LogP contribution in [0.2, 0.25) is 15.1 Å². The molecule has 9 heteroatoms. The number of nitrogens with zero attached hydrogens (tertiary/aromatic N) is 3. The lowest BCUT2D eigenvalue weighted by molar-refractivity contribution is 0.185. The van der Waals surface area contributed by atoms with Crippen LogP contribution < -0.4 is 21.9 Å². The summed E-state index contributed by atoms with van der Waals surface area (Å²) in [4.78, 5) is 19.9. The number of nitrogens with two attached hydrogens (primary N) is 2. The van der Waals surface area contributed by atoms with Crippen molar-refractivity contribution in [3.05, 3.63) is 37.6 Å². The van der Waals surface area contributed by atoms with Gasteiger partial charge < -0.3 is 16.4 Å². The molecular weight excluding hydrogens is 445 g/mol. The Kier molecular flexibility index (Phi) is 5.73. The smallest absolute Gasteiger partial charge is 0.264 e. The predicted octanol–water partition coefficient (Wildman–Crippen LogP) is 4.33. The number of piperidine rings is 1. The molecule has 162 valence electrons. The number of hydrogen-bond acceptors (Lipinski definition) is 5. The average Bonchev–Trinajstić information content (AvgIpc) is 2.98. The van der Waals surface area contributed by atoms with E-state index < -0.39 is 0 Å². The molecule has 1 aliphatic carbocycles. The Balaban J connectivity index is 1.68. The average molecular weight is 471 g/mol. The maximum Gasteiger partial charge on any atom is 0.264 e. The summed E-state index contributed by atoms with van der Waals surface area (Å²) in [6.07, 6.45) is 4.34. The van der Waals surface area contributed by atoms with Crippen molar-refractivity contribution in [3.8, 4) is 11.1 Å². The largest absolute Gasteiger partial charge is 0.383 e. The quantitative estimate of drug-likeness (QED) is 0.637. The van der Waals surface area contributed by atoms with Gasteiger partial charge >= 0.3 is 0 Å². The molecule has 2 aliphatic rings. The second-order valence-electron chi connectivity index (χ2n) is 8.68. The molecule has 0 unspecified atom stereocenters. The van der Waals surface area contributed by atoms with Crippen LogP contribution in [0.5, 0.6) is 0 Å². The summed E-state index contributed by atoms with van der Waals surface area (Å²) >= 11 is 18.6. The first-order valence-electron chi connectivity index (χ1n) is 10.2. The third-order valence-corrected chi connectivity index (χ3v) is 8.04. The Labute approximate surface area is 191 Å². The van der Waals surface area contributed by atoms with Gasteiger partial charge in [0.15, 0.2) is 0 Å². The van der Waals surface area contributed by atoms with E-state index in [1.54, 1.807) is 13.1 Å². The van der Waals surface area contributed by atoms with Crippen LogP contribution >= 0.6 is 34.8 Å². The second-order valence-corrected chi connectivity index (χ2v) is 9.90. The van der Waals surface area contributed by atoms with Crippen molar-refractivity contribution in [2.75, 3.05) is 23.7 Å². The van der Waals surface area contributed by atoms with E-state index in [1.807, 2.05) is 0 Å². The molecule has 1 spiro atoms. The summed E-state index contributed by atoms with van der Waals surface area (Å²) in [5.41, 5.74) is 13.3. The van der Waals surface area contributed by atoms with Crippen molar-refractivity contribution in [1.29, 1.82) is 0 Å². The zero-order valence-corrected chi connectivity index (χ0v) is 19.4. The number of aromatic nitrogens is 2. The van der Waals surface area contributed by atoms with Crippen molar-refractivity contribution in [3.63, 3.8) is 0 Å². The molecule has 4 rings (SSSR count).